The van der Waals surface area contributed by atoms with Crippen molar-refractivity contribution in [3.8, 4) is 0 Å². The molecule has 0 spiro atoms. The van der Waals surface area contributed by atoms with E-state index in [1.807, 2.05) is 52.4 Å². The Bertz CT molecular complexity index is 576. The first kappa shape index (κ1) is 12.1. The van der Waals surface area contributed by atoms with Crippen molar-refractivity contribution in [1.82, 2.24) is 19.5 Å². The lowest BCUT2D eigenvalue weighted by Crippen LogP contribution is -2.24. The fraction of sp³-hybridized carbons (Fsp3) is 0.300. The molecule has 0 radical (unpaired) electrons. The van der Waals surface area contributed by atoms with E-state index in [0.29, 0.717) is 15.9 Å². The Labute approximate surface area is 112 Å². The van der Waals surface area contributed by atoms with E-state index in [2.05, 4.69) is 15.0 Å². The van der Waals surface area contributed by atoms with Gasteiger partial charge in [-0.3, -0.25) is 4.79 Å². The van der Waals surface area contributed by atoms with Gasteiger partial charge < -0.3 is 14.5 Å². The zero-order chi connectivity index (χ0) is 12.4. The number of halogens is 1. The number of aromatic nitrogens is 4. The van der Waals surface area contributed by atoms with Gasteiger partial charge in [-0.25, -0.2) is 9.97 Å². The first-order valence-electron chi connectivity index (χ1n) is 5.00. The maximum Gasteiger partial charge on any atom is 0.266 e. The number of rotatable bonds is 3. The lowest BCUT2D eigenvalue weighted by molar-refractivity contribution is 0.752. The molecule has 7 heteroatoms. The number of imidazole rings is 1. The van der Waals surface area contributed by atoms with Crippen LogP contribution in [0.3, 0.4) is 0 Å². The van der Waals surface area contributed by atoms with Crippen molar-refractivity contribution in [1.29, 1.82) is 0 Å². The van der Waals surface area contributed by atoms with Gasteiger partial charge >= 0.3 is 0 Å². The van der Waals surface area contributed by atoms with E-state index in [0.717, 1.165) is 5.82 Å². The normalized spacial score (nSPS) is 10.5. The summed E-state index contributed by atoms with van der Waals surface area (Å²) in [6.45, 7) is 0.607. The van der Waals surface area contributed by atoms with Crippen LogP contribution in [-0.2, 0) is 13.6 Å². The Morgan fingerprint density at radius 2 is 2.29 bits per heavy atom. The second-order valence-electron chi connectivity index (χ2n) is 3.68. The molecular formula is C10H12IN5O. The summed E-state index contributed by atoms with van der Waals surface area (Å²) in [4.78, 5) is 24.3. The minimum atomic E-state index is -0.123. The van der Waals surface area contributed by atoms with Crippen molar-refractivity contribution in [3.63, 3.8) is 0 Å². The number of aromatic amines is 1. The number of nitrogens with zero attached hydrogens (tertiary/aromatic N) is 4. The van der Waals surface area contributed by atoms with E-state index < -0.39 is 0 Å². The number of nitrogens with one attached hydrogen (secondary N) is 1. The summed E-state index contributed by atoms with van der Waals surface area (Å²) >= 11 is 1.99. The molecule has 0 aliphatic heterocycles. The second kappa shape index (κ2) is 4.86. The van der Waals surface area contributed by atoms with Crippen LogP contribution in [0.25, 0.3) is 0 Å². The largest absolute Gasteiger partial charge is 0.351 e. The fourth-order valence-corrected chi connectivity index (χ4v) is 2.18. The molecule has 2 aromatic heterocycles. The molecule has 0 atom stereocenters. The molecule has 0 saturated heterocycles. The van der Waals surface area contributed by atoms with Crippen LogP contribution in [0, 0.1) is 3.57 Å². The van der Waals surface area contributed by atoms with Crippen molar-refractivity contribution in [2.45, 2.75) is 6.54 Å². The van der Waals surface area contributed by atoms with Gasteiger partial charge in [0.15, 0.2) is 0 Å². The molecule has 6 nitrogen and oxygen atoms in total. The monoisotopic (exact) mass is 345 g/mol. The number of H-pyrrole nitrogens is 1. The highest BCUT2D eigenvalue weighted by molar-refractivity contribution is 14.1. The highest BCUT2D eigenvalue weighted by atomic mass is 127. The van der Waals surface area contributed by atoms with Crippen LogP contribution < -0.4 is 10.5 Å². The van der Waals surface area contributed by atoms with E-state index >= 15 is 0 Å². The first-order chi connectivity index (χ1) is 8.09. The number of hydrogen-bond acceptors (Lipinski definition) is 4. The summed E-state index contributed by atoms with van der Waals surface area (Å²) < 4.78 is 2.53. The predicted molar refractivity (Wildman–Crippen MR) is 72.9 cm³/mol. The molecule has 0 fully saturated rings. The van der Waals surface area contributed by atoms with Gasteiger partial charge in [-0.2, -0.15) is 0 Å². The third kappa shape index (κ3) is 2.48. The van der Waals surface area contributed by atoms with Gasteiger partial charge in [0.2, 0.25) is 0 Å². The molecule has 0 bridgehead atoms. The maximum absolute atomic E-state index is 11.5. The van der Waals surface area contributed by atoms with Crippen LogP contribution in [0.1, 0.15) is 5.82 Å². The van der Waals surface area contributed by atoms with Gasteiger partial charge in [-0.15, -0.1) is 0 Å². The van der Waals surface area contributed by atoms with Crippen LogP contribution in [0.2, 0.25) is 0 Å². The second-order valence-corrected chi connectivity index (χ2v) is 4.76. The highest BCUT2D eigenvalue weighted by Gasteiger charge is 2.12. The summed E-state index contributed by atoms with van der Waals surface area (Å²) in [6.07, 6.45) is 5.05. The summed E-state index contributed by atoms with van der Waals surface area (Å²) in [7, 11) is 3.82. The first-order valence-corrected chi connectivity index (χ1v) is 6.08. The minimum Gasteiger partial charge on any atom is -0.351 e. The SMILES string of the molecule is CN(Cc1nccn1C)c1nc[nH]c(=O)c1I. The molecule has 0 amide bonds. The number of hydrogen-bond donors (Lipinski definition) is 1. The molecule has 0 aliphatic carbocycles. The maximum atomic E-state index is 11.5. The van der Waals surface area contributed by atoms with Crippen molar-refractivity contribution in [2.24, 2.45) is 7.05 Å². The number of anilines is 1. The molecule has 2 aromatic rings. The minimum absolute atomic E-state index is 0.123. The molecule has 90 valence electrons. The van der Waals surface area contributed by atoms with Crippen LogP contribution in [0.4, 0.5) is 5.82 Å². The molecule has 2 rings (SSSR count). The smallest absolute Gasteiger partial charge is 0.266 e. The van der Waals surface area contributed by atoms with Crippen molar-refractivity contribution in [2.75, 3.05) is 11.9 Å². The molecule has 0 saturated carbocycles. The Morgan fingerprint density at radius 1 is 1.53 bits per heavy atom. The van der Waals surface area contributed by atoms with E-state index in [1.54, 1.807) is 6.20 Å². The van der Waals surface area contributed by atoms with Gasteiger partial charge in [0.05, 0.1) is 12.9 Å². The van der Waals surface area contributed by atoms with E-state index in [4.69, 9.17) is 0 Å². The van der Waals surface area contributed by atoms with E-state index in [9.17, 15) is 4.79 Å². The summed E-state index contributed by atoms with van der Waals surface area (Å²) in [5.41, 5.74) is -0.123. The van der Waals surface area contributed by atoms with Crippen molar-refractivity contribution >= 4 is 28.4 Å². The third-order valence-corrected chi connectivity index (χ3v) is 3.41. The molecule has 1 N–H and O–H groups in total. The van der Waals surface area contributed by atoms with E-state index in [1.165, 1.54) is 6.33 Å². The van der Waals surface area contributed by atoms with Gasteiger partial charge in [0, 0.05) is 26.5 Å². The third-order valence-electron chi connectivity index (χ3n) is 2.44. The molecule has 2 heterocycles. The van der Waals surface area contributed by atoms with Crippen LogP contribution >= 0.6 is 22.6 Å². The Morgan fingerprint density at radius 3 is 2.94 bits per heavy atom. The van der Waals surface area contributed by atoms with Crippen LogP contribution in [-0.4, -0.2) is 26.6 Å². The molecule has 17 heavy (non-hydrogen) atoms. The van der Waals surface area contributed by atoms with Gasteiger partial charge in [0.25, 0.3) is 5.56 Å². The quantitative estimate of drug-likeness (QED) is 0.834. The lowest BCUT2D eigenvalue weighted by atomic mass is 10.4. The molecule has 0 aromatic carbocycles. The van der Waals surface area contributed by atoms with Crippen LogP contribution in [0.5, 0.6) is 0 Å². The van der Waals surface area contributed by atoms with Crippen molar-refractivity contribution in [3.05, 3.63) is 38.5 Å². The van der Waals surface area contributed by atoms with Gasteiger partial charge in [-0.05, 0) is 22.6 Å². The van der Waals surface area contributed by atoms with Gasteiger partial charge in [0.1, 0.15) is 15.2 Å². The average molecular weight is 345 g/mol. The van der Waals surface area contributed by atoms with Crippen molar-refractivity contribution < 1.29 is 0 Å². The topological polar surface area (TPSA) is 66.8 Å². The summed E-state index contributed by atoms with van der Waals surface area (Å²) in [5, 5.41) is 0. The Hall–Kier alpha value is -1.38. The Balaban J connectivity index is 2.26. The zero-order valence-corrected chi connectivity index (χ0v) is 11.7. The number of aryl methyl sites for hydroxylation is 1. The standard InChI is InChI=1S/C10H12IN5O/c1-15-4-3-12-7(15)5-16(2)9-8(11)10(17)14-6-13-9/h3-4,6H,5H2,1-2H3,(H,13,14,17). The average Bonchev–Trinajstić information content (AvgIpc) is 2.68. The van der Waals surface area contributed by atoms with Gasteiger partial charge in [-0.1, -0.05) is 0 Å². The summed E-state index contributed by atoms with van der Waals surface area (Å²) in [5.74, 6) is 1.59. The molecule has 0 aliphatic rings. The van der Waals surface area contributed by atoms with Crippen LogP contribution in [0.15, 0.2) is 23.5 Å². The predicted octanol–water partition coefficient (Wildman–Crippen LogP) is 0.744. The zero-order valence-electron chi connectivity index (χ0n) is 9.51. The molecular weight excluding hydrogens is 333 g/mol. The lowest BCUT2D eigenvalue weighted by Gasteiger charge is -2.18. The summed E-state index contributed by atoms with van der Waals surface area (Å²) in [6, 6.07) is 0. The van der Waals surface area contributed by atoms with E-state index in [-0.39, 0.29) is 5.56 Å². The fourth-order valence-electron chi connectivity index (χ4n) is 1.48. The molecule has 0 unspecified atom stereocenters. The highest BCUT2D eigenvalue weighted by Crippen LogP contribution is 2.15. The Kier molecular flexibility index (Phi) is 3.46.